The lowest BCUT2D eigenvalue weighted by Crippen LogP contribution is -2.43. The number of halogens is 1. The molecule has 2 aromatic rings. The van der Waals surface area contributed by atoms with Crippen molar-refractivity contribution in [2.75, 3.05) is 26.2 Å². The van der Waals surface area contributed by atoms with Gasteiger partial charge in [-0.3, -0.25) is 4.90 Å². The Labute approximate surface area is 158 Å². The lowest BCUT2D eigenvalue weighted by Gasteiger charge is -2.32. The van der Waals surface area contributed by atoms with Gasteiger partial charge in [0.15, 0.2) is 0 Å². The number of nitrogens with one attached hydrogen (secondary N) is 2. The minimum absolute atomic E-state index is 0.142. The third-order valence-corrected chi connectivity index (χ3v) is 5.56. The molecule has 1 aliphatic rings. The Bertz CT molecular complexity index is 692. The van der Waals surface area contributed by atoms with Crippen molar-refractivity contribution in [3.05, 3.63) is 58.0 Å². The van der Waals surface area contributed by atoms with Gasteiger partial charge in [0.05, 0.1) is 0 Å². The number of hydrogen-bond acceptors (Lipinski definition) is 3. The highest BCUT2D eigenvalue weighted by atomic mass is 32.1. The number of likely N-dealkylation sites (tertiary alicyclic amines) is 1. The normalized spacial score (nSPS) is 17.8. The maximum Gasteiger partial charge on any atom is 0.314 e. The summed E-state index contributed by atoms with van der Waals surface area (Å²) < 4.78 is 13.1. The summed E-state index contributed by atoms with van der Waals surface area (Å²) in [7, 11) is 0. The van der Waals surface area contributed by atoms with Crippen molar-refractivity contribution >= 4 is 17.4 Å². The second-order valence-corrected chi connectivity index (χ2v) is 7.87. The number of hydrogen-bond donors (Lipinski definition) is 2. The van der Waals surface area contributed by atoms with E-state index in [0.717, 1.165) is 31.6 Å². The van der Waals surface area contributed by atoms with Crippen LogP contribution in [-0.4, -0.2) is 37.1 Å². The summed E-state index contributed by atoms with van der Waals surface area (Å²) in [4.78, 5) is 15.8. The van der Waals surface area contributed by atoms with Gasteiger partial charge < -0.3 is 10.6 Å². The zero-order valence-corrected chi connectivity index (χ0v) is 15.7. The van der Waals surface area contributed by atoms with E-state index in [1.807, 2.05) is 6.07 Å². The summed E-state index contributed by atoms with van der Waals surface area (Å²) in [6.07, 6.45) is 2.96. The number of carbonyl (C=O) groups excluding carboxylic acids is 1. The first kappa shape index (κ1) is 18.9. The fourth-order valence-electron chi connectivity index (χ4n) is 3.40. The topological polar surface area (TPSA) is 44.4 Å². The first-order valence-corrected chi connectivity index (χ1v) is 10.1. The third-order valence-electron chi connectivity index (χ3n) is 4.70. The van der Waals surface area contributed by atoms with Crippen LogP contribution in [0.1, 0.15) is 23.3 Å². The van der Waals surface area contributed by atoms with Gasteiger partial charge >= 0.3 is 6.03 Å². The van der Waals surface area contributed by atoms with Gasteiger partial charge in [-0.1, -0.05) is 18.2 Å². The zero-order valence-electron chi connectivity index (χ0n) is 14.9. The molecule has 1 aromatic heterocycles. The maximum absolute atomic E-state index is 13.1. The molecule has 6 heteroatoms. The minimum atomic E-state index is -0.239. The lowest BCUT2D eigenvalue weighted by atomic mass is 9.98. The molecule has 0 spiro atoms. The molecule has 4 nitrogen and oxygen atoms in total. The second-order valence-electron chi connectivity index (χ2n) is 6.84. The Kier molecular flexibility index (Phi) is 7.03. The van der Waals surface area contributed by atoms with Gasteiger partial charge in [0, 0.05) is 31.1 Å². The van der Waals surface area contributed by atoms with E-state index in [0.29, 0.717) is 25.4 Å². The fraction of sp³-hybridized carbons (Fsp3) is 0.450. The molecule has 140 valence electrons. The highest BCUT2D eigenvalue weighted by Crippen LogP contribution is 2.19. The van der Waals surface area contributed by atoms with Crippen LogP contribution in [0.3, 0.4) is 0 Å². The third kappa shape index (κ3) is 6.11. The maximum atomic E-state index is 13.1. The number of benzene rings is 1. The number of urea groups is 1. The fourth-order valence-corrected chi connectivity index (χ4v) is 4.14. The number of piperidine rings is 1. The van der Waals surface area contributed by atoms with Crippen molar-refractivity contribution in [1.29, 1.82) is 0 Å². The van der Waals surface area contributed by atoms with E-state index >= 15 is 0 Å². The van der Waals surface area contributed by atoms with Gasteiger partial charge in [0.25, 0.3) is 0 Å². The van der Waals surface area contributed by atoms with Crippen molar-refractivity contribution in [1.82, 2.24) is 15.5 Å². The Morgan fingerprint density at radius 3 is 3.00 bits per heavy atom. The van der Waals surface area contributed by atoms with Gasteiger partial charge in [0.1, 0.15) is 5.82 Å². The molecule has 0 radical (unpaired) electrons. The summed E-state index contributed by atoms with van der Waals surface area (Å²) >= 11 is 1.80. The molecular formula is C20H26FN3OS. The predicted molar refractivity (Wildman–Crippen MR) is 104 cm³/mol. The quantitative estimate of drug-likeness (QED) is 0.776. The molecule has 26 heavy (non-hydrogen) atoms. The zero-order chi connectivity index (χ0) is 18.2. The monoisotopic (exact) mass is 375 g/mol. The van der Waals surface area contributed by atoms with Crippen molar-refractivity contribution in [2.45, 2.75) is 25.8 Å². The molecule has 0 unspecified atom stereocenters. The van der Waals surface area contributed by atoms with Crippen molar-refractivity contribution < 1.29 is 9.18 Å². The largest absolute Gasteiger partial charge is 0.338 e. The summed E-state index contributed by atoms with van der Waals surface area (Å²) in [5.74, 6) is 0.258. The van der Waals surface area contributed by atoms with E-state index in [-0.39, 0.29) is 11.8 Å². The molecule has 0 bridgehead atoms. The summed E-state index contributed by atoms with van der Waals surface area (Å²) in [6.45, 7) is 4.38. The predicted octanol–water partition coefficient (Wildman–Crippen LogP) is 3.64. The number of thiophene rings is 1. The first-order valence-electron chi connectivity index (χ1n) is 9.20. The molecule has 1 saturated heterocycles. The number of nitrogens with zero attached hydrogens (tertiary/aromatic N) is 1. The first-order chi connectivity index (χ1) is 12.7. The van der Waals surface area contributed by atoms with Crippen molar-refractivity contribution in [3.8, 4) is 0 Å². The Morgan fingerprint density at radius 1 is 1.27 bits per heavy atom. The average molecular weight is 376 g/mol. The van der Waals surface area contributed by atoms with E-state index in [9.17, 15) is 9.18 Å². The van der Waals surface area contributed by atoms with Crippen molar-refractivity contribution in [2.24, 2.45) is 5.92 Å². The Morgan fingerprint density at radius 2 is 2.19 bits per heavy atom. The Balaban J connectivity index is 1.33. The van der Waals surface area contributed by atoms with Gasteiger partial charge in [-0.2, -0.15) is 0 Å². The van der Waals surface area contributed by atoms with Crippen LogP contribution >= 0.6 is 11.3 Å². The number of rotatable bonds is 7. The standard InChI is InChI=1S/C20H26FN3OS/c21-18-6-1-4-16(12-18)8-9-22-20(25)23-13-17-5-2-10-24(14-17)15-19-7-3-11-26-19/h1,3-4,6-7,11-12,17H,2,5,8-10,13-15H2,(H2,22,23,25)/t17-/m0/s1. The molecule has 2 N–H and O–H groups in total. The smallest absolute Gasteiger partial charge is 0.314 e. The summed E-state index contributed by atoms with van der Waals surface area (Å²) in [5.41, 5.74) is 0.891. The lowest BCUT2D eigenvalue weighted by molar-refractivity contribution is 0.166. The molecular weight excluding hydrogens is 349 g/mol. The van der Waals surface area contributed by atoms with Gasteiger partial charge in [-0.15, -0.1) is 11.3 Å². The summed E-state index contributed by atoms with van der Waals surface area (Å²) in [5, 5.41) is 7.95. The van der Waals surface area contributed by atoms with Gasteiger partial charge in [-0.05, 0) is 60.9 Å². The van der Waals surface area contributed by atoms with Crippen molar-refractivity contribution in [3.63, 3.8) is 0 Å². The van der Waals surface area contributed by atoms with Crippen LogP contribution in [0.25, 0.3) is 0 Å². The Hall–Kier alpha value is -1.92. The highest BCUT2D eigenvalue weighted by molar-refractivity contribution is 7.09. The molecule has 0 aliphatic carbocycles. The molecule has 1 atom stereocenters. The number of amides is 2. The van der Waals surface area contributed by atoms with E-state index < -0.39 is 0 Å². The highest BCUT2D eigenvalue weighted by Gasteiger charge is 2.20. The minimum Gasteiger partial charge on any atom is -0.338 e. The SMILES string of the molecule is O=C(NCCc1cccc(F)c1)NC[C@@H]1CCCN(Cc2cccs2)C1. The van der Waals surface area contributed by atoms with Crippen LogP contribution < -0.4 is 10.6 Å². The molecule has 2 amide bonds. The molecule has 1 aliphatic heterocycles. The van der Waals surface area contributed by atoms with Crippen LogP contribution in [0.5, 0.6) is 0 Å². The van der Waals surface area contributed by atoms with E-state index in [1.54, 1.807) is 17.4 Å². The second kappa shape index (κ2) is 9.69. The molecule has 2 heterocycles. The average Bonchev–Trinajstić information content (AvgIpc) is 3.13. The van der Waals surface area contributed by atoms with Crippen LogP contribution in [0.15, 0.2) is 41.8 Å². The van der Waals surface area contributed by atoms with Crippen LogP contribution in [0, 0.1) is 11.7 Å². The van der Waals surface area contributed by atoms with Gasteiger partial charge in [0.2, 0.25) is 0 Å². The van der Waals surface area contributed by atoms with Gasteiger partial charge in [-0.25, -0.2) is 9.18 Å². The van der Waals surface area contributed by atoms with E-state index in [4.69, 9.17) is 0 Å². The van der Waals surface area contributed by atoms with Crippen LogP contribution in [0.4, 0.5) is 9.18 Å². The summed E-state index contributed by atoms with van der Waals surface area (Å²) in [6, 6.07) is 10.6. The molecule has 0 saturated carbocycles. The molecule has 1 fully saturated rings. The number of carbonyl (C=O) groups is 1. The van der Waals surface area contributed by atoms with E-state index in [1.165, 1.54) is 23.4 Å². The van der Waals surface area contributed by atoms with Crippen LogP contribution in [-0.2, 0) is 13.0 Å². The van der Waals surface area contributed by atoms with Crippen LogP contribution in [0.2, 0.25) is 0 Å². The molecule has 3 rings (SSSR count). The van der Waals surface area contributed by atoms with E-state index in [2.05, 4.69) is 33.0 Å². The molecule has 1 aromatic carbocycles.